The third-order valence-electron chi connectivity index (χ3n) is 4.57. The van der Waals surface area contributed by atoms with Crippen molar-refractivity contribution >= 4 is 24.7 Å². The zero-order valence-electron chi connectivity index (χ0n) is 16.9. The lowest BCUT2D eigenvalue weighted by Gasteiger charge is -2.44. The first-order valence-corrected chi connectivity index (χ1v) is 11.3. The molecule has 144 valence electrons. The summed E-state index contributed by atoms with van der Waals surface area (Å²) in [5, 5.41) is 2.45. The van der Waals surface area contributed by atoms with E-state index in [1.165, 1.54) is 17.3 Å². The van der Waals surface area contributed by atoms with Gasteiger partial charge in [-0.1, -0.05) is 87.5 Å². The first-order valence-electron chi connectivity index (χ1n) is 9.36. The minimum atomic E-state index is -2.55. The van der Waals surface area contributed by atoms with Gasteiger partial charge in [-0.2, -0.15) is 0 Å². The average molecular weight is 383 g/mol. The Kier molecular flexibility index (Phi) is 7.16. The average Bonchev–Trinajstić information content (AvgIpc) is 2.63. The number of rotatable bonds is 7. The van der Waals surface area contributed by atoms with Crippen molar-refractivity contribution in [3.8, 4) is 0 Å². The van der Waals surface area contributed by atoms with Gasteiger partial charge in [0.05, 0.1) is 6.10 Å². The van der Waals surface area contributed by atoms with Gasteiger partial charge in [0.25, 0.3) is 8.32 Å². The molecule has 0 saturated carbocycles. The zero-order valence-corrected chi connectivity index (χ0v) is 17.9. The number of esters is 1. The minimum Gasteiger partial charge on any atom is -0.462 e. The molecule has 0 aliphatic carbocycles. The number of ether oxygens (including phenoxy) is 1. The molecule has 3 nitrogen and oxygen atoms in total. The summed E-state index contributed by atoms with van der Waals surface area (Å²) >= 11 is 0. The van der Waals surface area contributed by atoms with Gasteiger partial charge in [-0.05, 0) is 28.4 Å². The molecule has 0 aliphatic heterocycles. The quantitative estimate of drug-likeness (QED) is 0.411. The summed E-state index contributed by atoms with van der Waals surface area (Å²) in [7, 11) is -2.55. The molecule has 0 N–H and O–H groups in total. The molecule has 2 aromatic rings. The standard InChI is InChI=1S/C23H30O3Si/c1-19(13-12-18-25-20(2)24)26-27(23(3,4)5,21-14-8-6-9-15-21)22-16-10-7-11-17-22/h6-17,19H,18H2,1-5H3/b13-12-. The maximum absolute atomic E-state index is 10.9. The third kappa shape index (κ3) is 5.18. The molecule has 0 aromatic heterocycles. The molecule has 4 heteroatoms. The van der Waals surface area contributed by atoms with Gasteiger partial charge < -0.3 is 9.16 Å². The van der Waals surface area contributed by atoms with Crippen LogP contribution < -0.4 is 10.4 Å². The molecule has 0 amide bonds. The Morgan fingerprint density at radius 2 is 1.48 bits per heavy atom. The van der Waals surface area contributed by atoms with E-state index in [1.807, 2.05) is 31.2 Å². The Hall–Kier alpha value is -2.17. The highest BCUT2D eigenvalue weighted by atomic mass is 28.4. The largest absolute Gasteiger partial charge is 0.462 e. The topological polar surface area (TPSA) is 35.5 Å². The van der Waals surface area contributed by atoms with Crippen LogP contribution in [0.5, 0.6) is 0 Å². The van der Waals surface area contributed by atoms with Crippen molar-refractivity contribution < 1.29 is 14.0 Å². The summed E-state index contributed by atoms with van der Waals surface area (Å²) in [4.78, 5) is 10.9. The molecule has 0 aliphatic rings. The first kappa shape index (κ1) is 21.1. The van der Waals surface area contributed by atoms with Crippen molar-refractivity contribution in [3.05, 3.63) is 72.8 Å². The lowest BCUT2D eigenvalue weighted by molar-refractivity contribution is -0.139. The Morgan fingerprint density at radius 1 is 1.00 bits per heavy atom. The molecular formula is C23H30O3Si. The molecule has 0 radical (unpaired) electrons. The summed E-state index contributed by atoms with van der Waals surface area (Å²) in [5.74, 6) is -0.278. The summed E-state index contributed by atoms with van der Waals surface area (Å²) in [6.45, 7) is 10.5. The molecule has 1 unspecified atom stereocenters. The number of carbonyl (C=O) groups is 1. The number of carbonyl (C=O) groups excluding carboxylic acids is 1. The molecule has 0 heterocycles. The van der Waals surface area contributed by atoms with E-state index in [0.717, 1.165) is 0 Å². The van der Waals surface area contributed by atoms with Crippen LogP contribution in [0.4, 0.5) is 0 Å². The number of hydrogen-bond donors (Lipinski definition) is 0. The predicted octanol–water partition coefficient (Wildman–Crippen LogP) is 4.07. The highest BCUT2D eigenvalue weighted by molar-refractivity contribution is 6.99. The normalized spacial score (nSPS) is 13.5. The Bertz CT molecular complexity index is 709. The van der Waals surface area contributed by atoms with E-state index < -0.39 is 8.32 Å². The molecule has 2 aromatic carbocycles. The second-order valence-corrected chi connectivity index (χ2v) is 12.0. The van der Waals surface area contributed by atoms with Crippen LogP contribution in [-0.2, 0) is 14.0 Å². The highest BCUT2D eigenvalue weighted by Crippen LogP contribution is 2.37. The van der Waals surface area contributed by atoms with Crippen LogP contribution >= 0.6 is 0 Å². The van der Waals surface area contributed by atoms with Crippen LogP contribution in [0, 0.1) is 0 Å². The van der Waals surface area contributed by atoms with Crippen LogP contribution in [-0.4, -0.2) is 27.0 Å². The van der Waals surface area contributed by atoms with Crippen LogP contribution in [0.25, 0.3) is 0 Å². The van der Waals surface area contributed by atoms with Crippen molar-refractivity contribution in [2.45, 2.75) is 45.8 Å². The van der Waals surface area contributed by atoms with Gasteiger partial charge in [-0.25, -0.2) is 0 Å². The van der Waals surface area contributed by atoms with E-state index in [4.69, 9.17) is 9.16 Å². The van der Waals surface area contributed by atoms with Crippen molar-refractivity contribution in [2.24, 2.45) is 0 Å². The van der Waals surface area contributed by atoms with Gasteiger partial charge in [0.2, 0.25) is 0 Å². The van der Waals surface area contributed by atoms with E-state index in [-0.39, 0.29) is 23.7 Å². The lowest BCUT2D eigenvalue weighted by atomic mass is 10.2. The van der Waals surface area contributed by atoms with Gasteiger partial charge in [0.1, 0.15) is 6.61 Å². The maximum atomic E-state index is 10.9. The SMILES string of the molecule is CC(=O)OC/C=C\C(C)O[Si](c1ccccc1)(c1ccccc1)C(C)(C)C. The first-order chi connectivity index (χ1) is 12.8. The zero-order chi connectivity index (χ0) is 19.9. The van der Waals surface area contributed by atoms with Crippen LogP contribution in [0.3, 0.4) is 0 Å². The van der Waals surface area contributed by atoms with E-state index in [0.29, 0.717) is 0 Å². The van der Waals surface area contributed by atoms with Crippen molar-refractivity contribution in [1.82, 2.24) is 0 Å². The smallest absolute Gasteiger partial charge is 0.302 e. The maximum Gasteiger partial charge on any atom is 0.302 e. The van der Waals surface area contributed by atoms with E-state index >= 15 is 0 Å². The molecule has 2 rings (SSSR count). The second-order valence-electron chi connectivity index (χ2n) is 7.72. The third-order valence-corrected chi connectivity index (χ3v) is 9.70. The fourth-order valence-electron chi connectivity index (χ4n) is 3.42. The molecular weight excluding hydrogens is 352 g/mol. The summed E-state index contributed by atoms with van der Waals surface area (Å²) in [6, 6.07) is 21.1. The molecule has 0 bridgehead atoms. The van der Waals surface area contributed by atoms with Crippen molar-refractivity contribution in [2.75, 3.05) is 6.61 Å². The Balaban J connectivity index is 2.45. The summed E-state index contributed by atoms with van der Waals surface area (Å²) in [5.41, 5.74) is 0. The van der Waals surface area contributed by atoms with Crippen molar-refractivity contribution in [1.29, 1.82) is 0 Å². The van der Waals surface area contributed by atoms with Crippen molar-refractivity contribution in [3.63, 3.8) is 0 Å². The predicted molar refractivity (Wildman–Crippen MR) is 114 cm³/mol. The fourth-order valence-corrected chi connectivity index (χ4v) is 8.07. The molecule has 27 heavy (non-hydrogen) atoms. The van der Waals surface area contributed by atoms with E-state index in [9.17, 15) is 4.79 Å². The van der Waals surface area contributed by atoms with E-state index in [2.05, 4.69) is 69.3 Å². The Morgan fingerprint density at radius 3 is 1.89 bits per heavy atom. The summed E-state index contributed by atoms with van der Waals surface area (Å²) in [6.07, 6.45) is 3.72. The van der Waals surface area contributed by atoms with Crippen LogP contribution in [0.15, 0.2) is 72.8 Å². The number of hydrogen-bond acceptors (Lipinski definition) is 3. The van der Waals surface area contributed by atoms with Gasteiger partial charge in [-0.15, -0.1) is 0 Å². The Labute approximate surface area is 164 Å². The van der Waals surface area contributed by atoms with Gasteiger partial charge in [0, 0.05) is 6.92 Å². The van der Waals surface area contributed by atoms with Crippen LogP contribution in [0.2, 0.25) is 5.04 Å². The van der Waals surface area contributed by atoms with Gasteiger partial charge in [0.15, 0.2) is 0 Å². The highest BCUT2D eigenvalue weighted by Gasteiger charge is 2.50. The number of benzene rings is 2. The van der Waals surface area contributed by atoms with Gasteiger partial charge in [-0.3, -0.25) is 4.79 Å². The van der Waals surface area contributed by atoms with E-state index in [1.54, 1.807) is 0 Å². The molecule has 0 fully saturated rings. The van der Waals surface area contributed by atoms with Gasteiger partial charge >= 0.3 is 5.97 Å². The minimum absolute atomic E-state index is 0.0618. The summed E-state index contributed by atoms with van der Waals surface area (Å²) < 4.78 is 11.9. The lowest BCUT2D eigenvalue weighted by Crippen LogP contribution is -2.67. The molecule has 0 saturated heterocycles. The van der Waals surface area contributed by atoms with Crippen LogP contribution in [0.1, 0.15) is 34.6 Å². The molecule has 1 atom stereocenters. The monoisotopic (exact) mass is 382 g/mol. The second kappa shape index (κ2) is 9.15. The fraction of sp³-hybridized carbons (Fsp3) is 0.348. The molecule has 0 spiro atoms.